The van der Waals surface area contributed by atoms with Gasteiger partial charge < -0.3 is 12.7 Å². The Morgan fingerprint density at radius 1 is 1.42 bits per heavy atom. The third-order valence-corrected chi connectivity index (χ3v) is 0.716. The van der Waals surface area contributed by atoms with E-state index < -0.39 is 24.0 Å². The molecule has 68 valence electrons. The molecule has 0 radical (unpaired) electrons. The van der Waals surface area contributed by atoms with Crippen molar-refractivity contribution in [3.05, 3.63) is 0 Å². The zero-order valence-corrected chi connectivity index (χ0v) is 9.00. The maximum atomic E-state index is 10.7. The number of esters is 1. The first-order valence-electron chi connectivity index (χ1n) is 3.25. The maximum Gasteiger partial charge on any atom is 2.00 e. The first-order valence-corrected chi connectivity index (χ1v) is 3.25. The Kier molecular flexibility index (Phi) is 6.37. The van der Waals surface area contributed by atoms with Gasteiger partial charge in [-0.15, -0.1) is 0 Å². The van der Waals surface area contributed by atoms with Crippen molar-refractivity contribution in [1.82, 2.24) is 0 Å². The van der Waals surface area contributed by atoms with Crippen LogP contribution in [0.3, 0.4) is 0 Å². The van der Waals surface area contributed by atoms with Gasteiger partial charge in [0, 0.05) is 0 Å². The first-order chi connectivity index (χ1) is 4.81. The number of carbonyl (C=O) groups excluding carboxylic acids is 1. The fourth-order valence-corrected chi connectivity index (χ4v) is 0.501. The van der Waals surface area contributed by atoms with Crippen molar-refractivity contribution in [2.75, 3.05) is 0 Å². The van der Waals surface area contributed by atoms with Gasteiger partial charge in [0.15, 0.2) is 0 Å². The Hall–Kier alpha value is -0.294. The predicted octanol–water partition coefficient (Wildman–Crippen LogP) is 0.647. The zero-order valence-electron chi connectivity index (χ0n) is 9.59. The number of ether oxygens (including phenoxy) is 1. The van der Waals surface area contributed by atoms with Crippen molar-refractivity contribution in [2.24, 2.45) is 0 Å². The van der Waals surface area contributed by atoms with E-state index in [-0.39, 0.29) is 25.9 Å². The molecule has 12 heavy (non-hydrogen) atoms. The summed E-state index contributed by atoms with van der Waals surface area (Å²) in [5.41, 5.74) is -0.605. The zero-order chi connectivity index (χ0) is 9.07. The van der Waals surface area contributed by atoms with Gasteiger partial charge >= 0.3 is 35.0 Å². The Balaban J connectivity index is -0.000000167. The van der Waals surface area contributed by atoms with Gasteiger partial charge in [-0.05, 0) is 20.8 Å². The van der Waals surface area contributed by atoms with Crippen LogP contribution in [-0.2, 0) is 14.3 Å². The monoisotopic (exact) mass is 186 g/mol. The number of aliphatic carboxylic acids is 1. The van der Waals surface area contributed by atoms with E-state index in [0.717, 1.165) is 0 Å². The molecule has 0 aromatic heterocycles. The van der Waals surface area contributed by atoms with Crippen molar-refractivity contribution in [2.45, 2.75) is 32.8 Å². The molecule has 0 rings (SSSR count). The maximum absolute atomic E-state index is 10.7. The molecule has 0 fully saturated rings. The van der Waals surface area contributed by atoms with Crippen LogP contribution in [0.1, 0.15) is 30.0 Å². The molecule has 0 bridgehead atoms. The first kappa shape index (κ1) is 14.2. The number of rotatable bonds is 2. The van der Waals surface area contributed by atoms with Crippen LogP contribution in [0.5, 0.6) is 0 Å². The smallest absolute Gasteiger partial charge is 1.00 e. The van der Waals surface area contributed by atoms with Crippen molar-refractivity contribution in [1.29, 1.82) is 0 Å². The third kappa shape index (κ3) is 9.71. The van der Waals surface area contributed by atoms with Crippen LogP contribution >= 0.6 is 0 Å². The summed E-state index contributed by atoms with van der Waals surface area (Å²) in [5.74, 6) is -1.87. The summed E-state index contributed by atoms with van der Waals surface area (Å²) in [6.45, 7) is 5.06. The standard InChI is InChI=1S/C7H12O4.Mg.2H/c1-7(2,3)11-6(10)4-5(8)9;;;/h4H2,1-3H3,(H,8,9);;;/q;+2;2*-1. The van der Waals surface area contributed by atoms with Gasteiger partial charge in [-0.25, -0.2) is 0 Å². The minimum Gasteiger partial charge on any atom is -1.00 e. The van der Waals surface area contributed by atoms with Crippen molar-refractivity contribution < 1.29 is 22.3 Å². The average Bonchev–Trinajstić information content (AvgIpc) is 1.53. The van der Waals surface area contributed by atoms with Gasteiger partial charge in [0.25, 0.3) is 0 Å². The Bertz CT molecular complexity index is 179. The molecule has 0 unspecified atom stereocenters. The Morgan fingerprint density at radius 2 is 1.83 bits per heavy atom. The Morgan fingerprint density at radius 3 is 2.08 bits per heavy atom. The molecule has 0 spiro atoms. The minimum atomic E-state index is -1.17. The Labute approximate surface area is 90.4 Å². The van der Waals surface area contributed by atoms with E-state index >= 15 is 0 Å². The summed E-state index contributed by atoms with van der Waals surface area (Å²) in [4.78, 5) is 20.7. The van der Waals surface area contributed by atoms with Crippen LogP contribution in [0.15, 0.2) is 0 Å². The normalized spacial score (nSPS) is 9.92. The number of carboxylic acids is 1. The third-order valence-electron chi connectivity index (χ3n) is 0.716. The predicted molar refractivity (Wildman–Crippen MR) is 46.1 cm³/mol. The summed E-state index contributed by atoms with van der Waals surface area (Å²) in [6, 6.07) is 0. The van der Waals surface area contributed by atoms with Gasteiger partial charge in [-0.1, -0.05) is 0 Å². The minimum absolute atomic E-state index is 0. The largest absolute Gasteiger partial charge is 2.00 e. The van der Waals surface area contributed by atoms with Crippen molar-refractivity contribution >= 4 is 35.0 Å². The summed E-state index contributed by atoms with van der Waals surface area (Å²) < 4.78 is 4.73. The van der Waals surface area contributed by atoms with E-state index in [0.29, 0.717) is 0 Å². The van der Waals surface area contributed by atoms with Gasteiger partial charge in [0.1, 0.15) is 12.0 Å². The van der Waals surface area contributed by atoms with Crippen LogP contribution < -0.4 is 0 Å². The fraction of sp³-hybridized carbons (Fsp3) is 0.714. The number of carbonyl (C=O) groups is 2. The molecule has 0 atom stereocenters. The summed E-state index contributed by atoms with van der Waals surface area (Å²) in [7, 11) is 0. The topological polar surface area (TPSA) is 63.6 Å². The summed E-state index contributed by atoms with van der Waals surface area (Å²) >= 11 is 0. The van der Waals surface area contributed by atoms with Crippen LogP contribution in [-0.4, -0.2) is 45.7 Å². The average molecular weight is 186 g/mol. The molecule has 0 saturated carbocycles. The molecular weight excluding hydrogens is 172 g/mol. The molecule has 4 nitrogen and oxygen atoms in total. The van der Waals surface area contributed by atoms with Gasteiger partial charge in [0.05, 0.1) is 0 Å². The van der Waals surface area contributed by atoms with E-state index in [1.54, 1.807) is 20.8 Å². The molecule has 5 heteroatoms. The van der Waals surface area contributed by atoms with E-state index in [1.165, 1.54) is 0 Å². The van der Waals surface area contributed by atoms with Gasteiger partial charge in [0.2, 0.25) is 0 Å². The van der Waals surface area contributed by atoms with Gasteiger partial charge in [-0.2, -0.15) is 0 Å². The molecule has 0 aliphatic carbocycles. The molecule has 0 amide bonds. The fourth-order valence-electron chi connectivity index (χ4n) is 0.501. The molecular formula is C7H14MgO4. The van der Waals surface area contributed by atoms with Crippen molar-refractivity contribution in [3.63, 3.8) is 0 Å². The van der Waals surface area contributed by atoms with E-state index in [2.05, 4.69) is 0 Å². The summed E-state index contributed by atoms with van der Waals surface area (Å²) in [5, 5.41) is 8.18. The SMILES string of the molecule is CC(C)(C)OC(=O)CC(=O)O.[H-].[H-].[Mg+2]. The molecule has 0 saturated heterocycles. The van der Waals surface area contributed by atoms with Crippen LogP contribution in [0.25, 0.3) is 0 Å². The van der Waals surface area contributed by atoms with Crippen molar-refractivity contribution in [3.8, 4) is 0 Å². The second-order valence-electron chi connectivity index (χ2n) is 3.16. The van der Waals surface area contributed by atoms with E-state index in [1.807, 2.05) is 0 Å². The van der Waals surface area contributed by atoms with Gasteiger partial charge in [-0.3, -0.25) is 9.59 Å². The summed E-state index contributed by atoms with van der Waals surface area (Å²) in [6.07, 6.45) is -0.572. The number of carboxylic acid groups (broad SMARTS) is 1. The van der Waals surface area contributed by atoms with Crippen LogP contribution in [0, 0.1) is 0 Å². The molecule has 0 aromatic carbocycles. The molecule has 1 N–H and O–H groups in total. The van der Waals surface area contributed by atoms with E-state index in [9.17, 15) is 9.59 Å². The quantitative estimate of drug-likeness (QED) is 0.391. The van der Waals surface area contributed by atoms with E-state index in [4.69, 9.17) is 9.84 Å². The number of hydrogen-bond donors (Lipinski definition) is 1. The molecule has 0 aliphatic heterocycles. The molecule has 0 heterocycles. The molecule has 0 aromatic rings. The second-order valence-corrected chi connectivity index (χ2v) is 3.16. The molecule has 0 aliphatic rings. The number of hydrogen-bond acceptors (Lipinski definition) is 3. The van der Waals surface area contributed by atoms with Crippen LogP contribution in [0.2, 0.25) is 0 Å². The second kappa shape index (κ2) is 5.37. The van der Waals surface area contributed by atoms with Crippen LogP contribution in [0.4, 0.5) is 0 Å².